The van der Waals surface area contributed by atoms with E-state index in [0.29, 0.717) is 10.0 Å². The Morgan fingerprint density at radius 3 is 2.71 bits per heavy atom. The van der Waals surface area contributed by atoms with E-state index in [1.54, 1.807) is 23.1 Å². The number of hydrogen-bond acceptors (Lipinski definition) is 3. The van der Waals surface area contributed by atoms with Crippen molar-refractivity contribution in [2.75, 3.05) is 0 Å². The Morgan fingerprint density at radius 2 is 2.12 bits per heavy atom. The molecule has 4 nitrogen and oxygen atoms in total. The first-order valence-electron chi connectivity index (χ1n) is 5.14. The zero-order chi connectivity index (χ0) is 12.4. The molecule has 0 saturated carbocycles. The van der Waals surface area contributed by atoms with Crippen molar-refractivity contribution >= 4 is 23.2 Å². The maximum Gasteiger partial charge on any atom is 0.137 e. The Labute approximate surface area is 109 Å². The Kier molecular flexibility index (Phi) is 3.66. The van der Waals surface area contributed by atoms with Crippen LogP contribution in [0.3, 0.4) is 0 Å². The summed E-state index contributed by atoms with van der Waals surface area (Å²) in [6.45, 7) is 1.99. The Bertz CT molecular complexity index is 498. The topological polar surface area (TPSA) is 56.7 Å². The average Bonchev–Trinajstić information content (AvgIpc) is 2.80. The Hall–Kier alpha value is -1.10. The van der Waals surface area contributed by atoms with E-state index < -0.39 is 0 Å². The largest absolute Gasteiger partial charge is 0.309 e. The zero-order valence-corrected chi connectivity index (χ0v) is 10.7. The van der Waals surface area contributed by atoms with E-state index in [1.807, 2.05) is 13.0 Å². The molecule has 0 radical (unpaired) electrons. The molecule has 0 fully saturated rings. The van der Waals surface area contributed by atoms with Crippen molar-refractivity contribution in [3.8, 4) is 0 Å². The van der Waals surface area contributed by atoms with Crippen LogP contribution in [0.5, 0.6) is 0 Å². The summed E-state index contributed by atoms with van der Waals surface area (Å²) < 4.78 is 1.61. The lowest BCUT2D eigenvalue weighted by molar-refractivity contribution is 0.406. The molecule has 1 heterocycles. The third-order valence-electron chi connectivity index (χ3n) is 2.71. The lowest BCUT2D eigenvalue weighted by Crippen LogP contribution is -2.25. The van der Waals surface area contributed by atoms with Gasteiger partial charge in [-0.25, -0.2) is 9.67 Å². The van der Waals surface area contributed by atoms with Crippen LogP contribution in [0.1, 0.15) is 24.6 Å². The summed E-state index contributed by atoms with van der Waals surface area (Å²) in [6, 6.07) is 5.39. The van der Waals surface area contributed by atoms with Gasteiger partial charge in [-0.3, -0.25) is 0 Å². The van der Waals surface area contributed by atoms with E-state index in [9.17, 15) is 0 Å². The molecule has 2 rings (SSSR count). The molecule has 2 atom stereocenters. The first-order valence-corrected chi connectivity index (χ1v) is 5.90. The molecule has 17 heavy (non-hydrogen) atoms. The number of hydrogen-bond donors (Lipinski definition) is 1. The molecule has 90 valence electrons. The quantitative estimate of drug-likeness (QED) is 0.933. The fraction of sp³-hybridized carbons (Fsp3) is 0.273. The molecule has 6 heteroatoms. The van der Waals surface area contributed by atoms with Crippen molar-refractivity contribution in [3.63, 3.8) is 0 Å². The molecule has 2 N–H and O–H groups in total. The van der Waals surface area contributed by atoms with Gasteiger partial charge in [0.1, 0.15) is 18.8 Å². The van der Waals surface area contributed by atoms with Crippen molar-refractivity contribution in [2.24, 2.45) is 5.73 Å². The molecule has 0 aliphatic heterocycles. The summed E-state index contributed by atoms with van der Waals surface area (Å²) >= 11 is 12.0. The fourth-order valence-electron chi connectivity index (χ4n) is 1.66. The second-order valence-electron chi connectivity index (χ2n) is 3.82. The van der Waals surface area contributed by atoms with Crippen LogP contribution >= 0.6 is 23.2 Å². The minimum atomic E-state index is -0.309. The Balaban J connectivity index is 2.28. The maximum atomic E-state index is 6.14. The van der Waals surface area contributed by atoms with Gasteiger partial charge in [-0.15, -0.1) is 0 Å². The van der Waals surface area contributed by atoms with Crippen LogP contribution in [0.15, 0.2) is 30.9 Å². The monoisotopic (exact) mass is 270 g/mol. The van der Waals surface area contributed by atoms with E-state index in [4.69, 9.17) is 28.9 Å². The maximum absolute atomic E-state index is 6.14. The molecule has 0 aliphatic rings. The van der Waals surface area contributed by atoms with Crippen molar-refractivity contribution in [2.45, 2.75) is 19.0 Å². The van der Waals surface area contributed by atoms with E-state index in [2.05, 4.69) is 10.1 Å². The number of nitrogens with zero attached hydrogens (tertiary/aromatic N) is 3. The lowest BCUT2D eigenvalue weighted by atomic mass is 9.98. The van der Waals surface area contributed by atoms with Crippen LogP contribution in [0.25, 0.3) is 0 Å². The van der Waals surface area contributed by atoms with Gasteiger partial charge in [-0.05, 0) is 17.7 Å². The predicted octanol–water partition coefficient (Wildman–Crippen LogP) is 2.85. The summed E-state index contributed by atoms with van der Waals surface area (Å²) in [5, 5.41) is 5.24. The smallest absolute Gasteiger partial charge is 0.137 e. The van der Waals surface area contributed by atoms with Gasteiger partial charge in [-0.2, -0.15) is 5.10 Å². The van der Waals surface area contributed by atoms with Crippen LogP contribution < -0.4 is 5.73 Å². The molecule has 0 aliphatic carbocycles. The first kappa shape index (κ1) is 12.4. The van der Waals surface area contributed by atoms with Crippen LogP contribution in [0.4, 0.5) is 0 Å². The molecular formula is C11H12Cl2N4. The SMILES string of the molecule is CC(c1ccc(Cl)cc1Cl)C(N)n1cncn1. The number of benzene rings is 1. The van der Waals surface area contributed by atoms with Crippen LogP contribution in [-0.4, -0.2) is 14.8 Å². The van der Waals surface area contributed by atoms with E-state index in [0.717, 1.165) is 5.56 Å². The molecule has 0 bridgehead atoms. The first-order chi connectivity index (χ1) is 8.09. The second-order valence-corrected chi connectivity index (χ2v) is 4.66. The summed E-state index contributed by atoms with van der Waals surface area (Å²) in [7, 11) is 0. The number of rotatable bonds is 3. The normalized spacial score (nSPS) is 14.6. The van der Waals surface area contributed by atoms with Crippen molar-refractivity contribution in [1.29, 1.82) is 0 Å². The van der Waals surface area contributed by atoms with Gasteiger partial charge >= 0.3 is 0 Å². The van der Waals surface area contributed by atoms with Gasteiger partial charge in [0.2, 0.25) is 0 Å². The fourth-order valence-corrected chi connectivity index (χ4v) is 2.24. The van der Waals surface area contributed by atoms with Gasteiger partial charge in [-0.1, -0.05) is 36.2 Å². The standard InChI is InChI=1S/C11H12Cl2N4/c1-7(11(14)17-6-15-5-16-17)9-3-2-8(12)4-10(9)13/h2-7,11H,14H2,1H3. The van der Waals surface area contributed by atoms with E-state index >= 15 is 0 Å². The molecule has 1 aromatic carbocycles. The second kappa shape index (κ2) is 5.04. The summed E-state index contributed by atoms with van der Waals surface area (Å²) in [5.74, 6) is 0.0152. The van der Waals surface area contributed by atoms with Gasteiger partial charge in [0.25, 0.3) is 0 Å². The highest BCUT2D eigenvalue weighted by Crippen LogP contribution is 2.31. The summed E-state index contributed by atoms with van der Waals surface area (Å²) in [4.78, 5) is 3.87. The summed E-state index contributed by atoms with van der Waals surface area (Å²) in [5.41, 5.74) is 7.03. The number of nitrogens with two attached hydrogens (primary N) is 1. The number of aromatic nitrogens is 3. The lowest BCUT2D eigenvalue weighted by Gasteiger charge is -2.21. The molecular weight excluding hydrogens is 259 g/mol. The average molecular weight is 271 g/mol. The molecule has 0 amide bonds. The van der Waals surface area contributed by atoms with Crippen LogP contribution in [0, 0.1) is 0 Å². The molecule has 1 aromatic heterocycles. The molecule has 2 aromatic rings. The zero-order valence-electron chi connectivity index (χ0n) is 9.22. The van der Waals surface area contributed by atoms with Gasteiger partial charge in [0.05, 0.1) is 0 Å². The minimum absolute atomic E-state index is 0.0152. The Morgan fingerprint density at radius 1 is 1.35 bits per heavy atom. The highest BCUT2D eigenvalue weighted by atomic mass is 35.5. The third-order valence-corrected chi connectivity index (χ3v) is 3.27. The highest BCUT2D eigenvalue weighted by Gasteiger charge is 2.19. The molecule has 0 spiro atoms. The van der Waals surface area contributed by atoms with Crippen molar-refractivity contribution < 1.29 is 0 Å². The molecule has 2 unspecified atom stereocenters. The minimum Gasteiger partial charge on any atom is -0.309 e. The molecule has 0 saturated heterocycles. The van der Waals surface area contributed by atoms with Crippen molar-refractivity contribution in [3.05, 3.63) is 46.5 Å². The summed E-state index contributed by atoms with van der Waals surface area (Å²) in [6.07, 6.45) is 2.73. The number of halogens is 2. The highest BCUT2D eigenvalue weighted by molar-refractivity contribution is 6.35. The van der Waals surface area contributed by atoms with Crippen molar-refractivity contribution in [1.82, 2.24) is 14.8 Å². The van der Waals surface area contributed by atoms with Crippen LogP contribution in [-0.2, 0) is 0 Å². The third kappa shape index (κ3) is 2.60. The van der Waals surface area contributed by atoms with Gasteiger partial charge in [0, 0.05) is 16.0 Å². The van der Waals surface area contributed by atoms with Gasteiger partial charge in [0.15, 0.2) is 0 Å². The van der Waals surface area contributed by atoms with Gasteiger partial charge < -0.3 is 5.73 Å². The van der Waals surface area contributed by atoms with E-state index in [-0.39, 0.29) is 12.1 Å². The predicted molar refractivity (Wildman–Crippen MR) is 68.1 cm³/mol. The van der Waals surface area contributed by atoms with E-state index in [1.165, 1.54) is 6.33 Å². The van der Waals surface area contributed by atoms with Crippen LogP contribution in [0.2, 0.25) is 10.0 Å².